The average Bonchev–Trinajstić information content (AvgIpc) is 3.43. The Bertz CT molecular complexity index is 1200. The number of imidazole rings is 1. The molecule has 7 rings (SSSR count). The Morgan fingerprint density at radius 2 is 1.95 bits per heavy atom. The highest BCUT2D eigenvalue weighted by Gasteiger charge is 2.52. The van der Waals surface area contributed by atoms with Gasteiger partial charge in [0.05, 0.1) is 19.5 Å². The fraction of sp³-hybridized carbons (Fsp3) is 0.704. The van der Waals surface area contributed by atoms with Crippen LogP contribution < -0.4 is 5.73 Å². The molecule has 5 aliphatic rings. The molecule has 4 bridgehead atoms. The van der Waals surface area contributed by atoms with Crippen molar-refractivity contribution in [3.63, 3.8) is 0 Å². The molecule has 3 heterocycles. The Balaban J connectivity index is 1.07. The van der Waals surface area contributed by atoms with Crippen LogP contribution in [0.15, 0.2) is 6.33 Å². The molecule has 10 nitrogen and oxygen atoms in total. The number of nitrogens with two attached hydrogens (primary N) is 1. The Morgan fingerprint density at radius 1 is 1.24 bits per heavy atom. The number of aromatic nitrogens is 4. The first-order valence-electron chi connectivity index (χ1n) is 13.4. The summed E-state index contributed by atoms with van der Waals surface area (Å²) in [6.07, 6.45) is 15.3. The third kappa shape index (κ3) is 4.32. The molecule has 0 radical (unpaired) electrons. The van der Waals surface area contributed by atoms with E-state index in [4.69, 9.17) is 26.4 Å². The Kier molecular flexibility index (Phi) is 6.03. The van der Waals surface area contributed by atoms with E-state index in [9.17, 15) is 9.90 Å². The molecule has 0 aromatic carbocycles. The van der Waals surface area contributed by atoms with Crippen LogP contribution in [0.2, 0.25) is 0 Å². The van der Waals surface area contributed by atoms with Crippen LogP contribution in [0.3, 0.4) is 0 Å². The zero-order chi connectivity index (χ0) is 25.8. The van der Waals surface area contributed by atoms with Crippen LogP contribution in [0.4, 0.5) is 10.6 Å². The zero-order valence-corrected chi connectivity index (χ0v) is 21.3. The Hall–Kier alpha value is -2.90. The number of aliphatic hydroxyl groups is 1. The van der Waals surface area contributed by atoms with Crippen LogP contribution in [-0.2, 0) is 14.2 Å². The second kappa shape index (κ2) is 9.14. The molecule has 10 heteroatoms. The molecule has 37 heavy (non-hydrogen) atoms. The number of fused-ring (bicyclic) bond motifs is 1. The molecule has 1 saturated heterocycles. The molecule has 4 saturated carbocycles. The monoisotopic (exact) mass is 509 g/mol. The molecule has 3 atom stereocenters. The number of hydrogen-bond acceptors (Lipinski definition) is 9. The first-order valence-corrected chi connectivity index (χ1v) is 13.4. The molecule has 198 valence electrons. The fourth-order valence-corrected chi connectivity index (χ4v) is 7.98. The van der Waals surface area contributed by atoms with E-state index in [-0.39, 0.29) is 12.2 Å². The van der Waals surface area contributed by atoms with E-state index in [1.54, 1.807) is 11.5 Å². The lowest BCUT2D eigenvalue weighted by atomic mass is 9.48. The van der Waals surface area contributed by atoms with Gasteiger partial charge >= 0.3 is 6.16 Å². The van der Waals surface area contributed by atoms with Crippen LogP contribution in [0.5, 0.6) is 0 Å². The van der Waals surface area contributed by atoms with Gasteiger partial charge in [0.2, 0.25) is 0 Å². The van der Waals surface area contributed by atoms with Gasteiger partial charge in [0, 0.05) is 6.42 Å². The van der Waals surface area contributed by atoms with Crippen LogP contribution in [0.25, 0.3) is 11.2 Å². The van der Waals surface area contributed by atoms with E-state index in [1.807, 2.05) is 0 Å². The molecule has 3 N–H and O–H groups in total. The summed E-state index contributed by atoms with van der Waals surface area (Å²) in [5, 5.41) is 10.1. The van der Waals surface area contributed by atoms with E-state index in [0.29, 0.717) is 29.0 Å². The van der Waals surface area contributed by atoms with Gasteiger partial charge in [-0.3, -0.25) is 4.57 Å². The van der Waals surface area contributed by atoms with Crippen molar-refractivity contribution in [3.8, 4) is 12.3 Å². The second-order valence-corrected chi connectivity index (χ2v) is 11.7. The van der Waals surface area contributed by atoms with Gasteiger partial charge < -0.3 is 25.1 Å². The van der Waals surface area contributed by atoms with Crippen molar-refractivity contribution in [3.05, 3.63) is 12.2 Å². The van der Waals surface area contributed by atoms with Crippen LogP contribution in [0.1, 0.15) is 69.8 Å². The molecule has 0 unspecified atom stereocenters. The van der Waals surface area contributed by atoms with Crippen molar-refractivity contribution in [1.29, 1.82) is 0 Å². The fourth-order valence-electron chi connectivity index (χ4n) is 7.98. The third-order valence-electron chi connectivity index (χ3n) is 9.11. The van der Waals surface area contributed by atoms with Gasteiger partial charge in [0.1, 0.15) is 17.6 Å². The standard InChI is InChI=1S/C27H35N5O5/c1-3-27(14-33)20(10-21(37-27)32-15-29-22-23(28)30-16(2)31-24(22)32)36-25(34)35-6-4-5-26-11-17-7-18(12-26)9-19(8-17)13-26/h1,15,17-21,33H,4-14H2,2H3,(H2,28,30,31)/t17?,18?,19?,20-,21+,26?,27+/m0/s1. The average molecular weight is 510 g/mol. The molecular formula is C27H35N5O5. The van der Waals surface area contributed by atoms with Crippen molar-refractivity contribution in [2.75, 3.05) is 18.9 Å². The lowest BCUT2D eigenvalue weighted by Gasteiger charge is -2.57. The van der Waals surface area contributed by atoms with E-state index < -0.39 is 30.7 Å². The van der Waals surface area contributed by atoms with Crippen LogP contribution >= 0.6 is 0 Å². The quantitative estimate of drug-likeness (QED) is 0.326. The van der Waals surface area contributed by atoms with Crippen LogP contribution in [0, 0.1) is 42.4 Å². The maximum absolute atomic E-state index is 12.6. The summed E-state index contributed by atoms with van der Waals surface area (Å²) in [7, 11) is 0. The molecule has 0 amide bonds. The van der Waals surface area contributed by atoms with E-state index >= 15 is 0 Å². The number of aliphatic hydroxyl groups excluding tert-OH is 1. The number of carbonyl (C=O) groups excluding carboxylic acids is 1. The van der Waals surface area contributed by atoms with Gasteiger partial charge in [-0.05, 0) is 81.5 Å². The van der Waals surface area contributed by atoms with Crippen molar-refractivity contribution < 1.29 is 24.1 Å². The number of ether oxygens (including phenoxy) is 3. The lowest BCUT2D eigenvalue weighted by molar-refractivity contribution is -0.0981. The predicted octanol–water partition coefficient (Wildman–Crippen LogP) is 3.52. The van der Waals surface area contributed by atoms with Gasteiger partial charge in [-0.2, -0.15) is 0 Å². The van der Waals surface area contributed by atoms with E-state index in [1.165, 1.54) is 44.9 Å². The number of carbonyl (C=O) groups is 1. The Morgan fingerprint density at radius 3 is 2.59 bits per heavy atom. The number of aryl methyl sites for hydroxylation is 1. The maximum atomic E-state index is 12.6. The van der Waals surface area contributed by atoms with Crippen molar-refractivity contribution in [1.82, 2.24) is 19.5 Å². The normalized spacial score (nSPS) is 36.1. The van der Waals surface area contributed by atoms with Gasteiger partial charge in [-0.25, -0.2) is 19.7 Å². The predicted molar refractivity (Wildman–Crippen MR) is 134 cm³/mol. The summed E-state index contributed by atoms with van der Waals surface area (Å²) < 4.78 is 18.8. The summed E-state index contributed by atoms with van der Waals surface area (Å²) in [4.78, 5) is 25.5. The summed E-state index contributed by atoms with van der Waals surface area (Å²) in [5.41, 5.74) is 5.84. The maximum Gasteiger partial charge on any atom is 0.508 e. The summed E-state index contributed by atoms with van der Waals surface area (Å²) in [6, 6.07) is 0. The zero-order valence-electron chi connectivity index (χ0n) is 21.3. The molecule has 1 aliphatic heterocycles. The largest absolute Gasteiger partial charge is 0.508 e. The highest BCUT2D eigenvalue weighted by Crippen LogP contribution is 2.61. The third-order valence-corrected chi connectivity index (χ3v) is 9.11. The lowest BCUT2D eigenvalue weighted by Crippen LogP contribution is -2.46. The van der Waals surface area contributed by atoms with Crippen molar-refractivity contribution in [2.45, 2.75) is 82.6 Å². The van der Waals surface area contributed by atoms with Crippen molar-refractivity contribution >= 4 is 23.1 Å². The minimum atomic E-state index is -1.51. The SMILES string of the molecule is C#C[C@]1(CO)O[C@@H](n2cnc3c(N)nc(C)nc32)C[C@@H]1OC(=O)OCCCC12CC3CC(CC(C3)C1)C2. The highest BCUT2D eigenvalue weighted by atomic mass is 16.7. The van der Waals surface area contributed by atoms with Gasteiger partial charge in [0.15, 0.2) is 23.2 Å². The number of nitrogens with zero attached hydrogens (tertiary/aromatic N) is 4. The molecule has 0 spiro atoms. The first-order chi connectivity index (χ1) is 17.8. The van der Waals surface area contributed by atoms with Gasteiger partial charge in [0.25, 0.3) is 0 Å². The number of hydrogen-bond donors (Lipinski definition) is 2. The summed E-state index contributed by atoms with van der Waals surface area (Å²) in [5.74, 6) is 5.95. The number of nitrogen functional groups attached to an aromatic ring is 1. The van der Waals surface area contributed by atoms with Crippen molar-refractivity contribution in [2.24, 2.45) is 23.2 Å². The second-order valence-electron chi connectivity index (χ2n) is 11.7. The number of anilines is 1. The number of rotatable bonds is 7. The van der Waals surface area contributed by atoms with Crippen LogP contribution in [-0.4, -0.2) is 55.7 Å². The smallest absolute Gasteiger partial charge is 0.434 e. The Labute approximate surface area is 216 Å². The molecule has 4 aliphatic carbocycles. The number of terminal acetylenes is 1. The summed E-state index contributed by atoms with van der Waals surface area (Å²) >= 11 is 0. The minimum Gasteiger partial charge on any atom is -0.434 e. The topological polar surface area (TPSA) is 135 Å². The first kappa shape index (κ1) is 24.4. The molecule has 2 aromatic rings. The summed E-state index contributed by atoms with van der Waals surface area (Å²) in [6.45, 7) is 1.52. The van der Waals surface area contributed by atoms with Gasteiger partial charge in [-0.1, -0.05) is 5.92 Å². The van der Waals surface area contributed by atoms with Gasteiger partial charge in [-0.15, -0.1) is 6.42 Å². The molecule has 5 fully saturated rings. The molecular weight excluding hydrogens is 474 g/mol. The minimum absolute atomic E-state index is 0.196. The highest BCUT2D eigenvalue weighted by molar-refractivity contribution is 5.81. The molecule has 2 aromatic heterocycles. The van der Waals surface area contributed by atoms with E-state index in [0.717, 1.165) is 30.6 Å². The van der Waals surface area contributed by atoms with E-state index in [2.05, 4.69) is 20.9 Å².